The van der Waals surface area contributed by atoms with E-state index in [0.717, 1.165) is 36.0 Å². The highest BCUT2D eigenvalue weighted by Gasteiger charge is 2.37. The highest BCUT2D eigenvalue weighted by molar-refractivity contribution is 9.09. The Bertz CT molecular complexity index is 2600. The van der Waals surface area contributed by atoms with Gasteiger partial charge in [0, 0.05) is 44.1 Å². The molecule has 7 N–H and O–H groups in total. The van der Waals surface area contributed by atoms with Gasteiger partial charge in [0.15, 0.2) is 11.4 Å². The van der Waals surface area contributed by atoms with Crippen LogP contribution in [0.3, 0.4) is 0 Å². The van der Waals surface area contributed by atoms with Crippen molar-refractivity contribution in [2.24, 2.45) is 0 Å². The fourth-order valence-corrected chi connectivity index (χ4v) is 6.40. The average Bonchev–Trinajstić information content (AvgIpc) is 3.28. The molecule has 3 atom stereocenters. The number of benzene rings is 4. The van der Waals surface area contributed by atoms with E-state index in [1.165, 1.54) is 45.9 Å². The number of anilines is 4. The number of amides is 4. The van der Waals surface area contributed by atoms with Gasteiger partial charge in [0.05, 0.1) is 29.8 Å². The number of thioether (sulfide) groups is 1. The predicted molar refractivity (Wildman–Crippen MR) is 253 cm³/mol. The topological polar surface area (TPSA) is 186 Å². The minimum Gasteiger partial charge on any atom is -0.379 e. The summed E-state index contributed by atoms with van der Waals surface area (Å²) in [5, 5.41) is 38.9. The number of alkyl halides is 12. The van der Waals surface area contributed by atoms with Crippen LogP contribution >= 0.6 is 55.2 Å². The zero-order valence-corrected chi connectivity index (χ0v) is 41.4. The first kappa shape index (κ1) is 60.7. The number of aryl methyl sites for hydroxylation is 1. The van der Waals surface area contributed by atoms with E-state index in [1.54, 1.807) is 24.3 Å². The Balaban J connectivity index is 0.000000377. The third-order valence-electron chi connectivity index (χ3n) is 8.93. The lowest BCUT2D eigenvalue weighted by Gasteiger charge is -2.22. The van der Waals surface area contributed by atoms with Crippen LogP contribution in [0.5, 0.6) is 0 Å². The van der Waals surface area contributed by atoms with Gasteiger partial charge in [-0.1, -0.05) is 50.1 Å². The maximum Gasteiger partial charge on any atom is 0.416 e. The van der Waals surface area contributed by atoms with Gasteiger partial charge < -0.3 is 36.6 Å². The molecule has 70 heavy (non-hydrogen) atoms. The van der Waals surface area contributed by atoms with E-state index in [-0.39, 0.29) is 50.8 Å². The Kier molecular flexibility index (Phi) is 21.8. The highest BCUT2D eigenvalue weighted by atomic mass is 79.9. The molecule has 378 valence electrons. The van der Waals surface area contributed by atoms with Gasteiger partial charge in [0.1, 0.15) is 22.7 Å². The Morgan fingerprint density at radius 1 is 0.571 bits per heavy atom. The van der Waals surface area contributed by atoms with Crippen LogP contribution in [0.25, 0.3) is 9.69 Å². The van der Waals surface area contributed by atoms with Crippen LogP contribution in [0.4, 0.5) is 73.6 Å². The number of hydrogen-bond donors (Lipinski definition) is 7. The summed E-state index contributed by atoms with van der Waals surface area (Å²) in [6.45, 7) is 18.6. The third-order valence-corrected chi connectivity index (χ3v) is 12.7. The molecule has 4 aromatic carbocycles. The number of nitrogens with one attached hydrogen (secondary N) is 4. The van der Waals surface area contributed by atoms with E-state index in [0.29, 0.717) is 22.7 Å². The fraction of sp³-hybridized carbons (Fsp3) is 0.318. The van der Waals surface area contributed by atoms with Crippen LogP contribution in [0.1, 0.15) is 43.0 Å². The third kappa shape index (κ3) is 18.4. The number of nitrogens with zero attached hydrogens (tertiary/aromatic N) is 2. The number of carbonyl (C=O) groups excluding carboxylic acids is 4. The Morgan fingerprint density at radius 2 is 0.914 bits per heavy atom. The summed E-state index contributed by atoms with van der Waals surface area (Å²) >= 11 is 12.4. The van der Waals surface area contributed by atoms with Crippen molar-refractivity contribution < 1.29 is 74.0 Å². The first-order chi connectivity index (χ1) is 32.1. The molecule has 0 saturated heterocycles. The van der Waals surface area contributed by atoms with E-state index in [9.17, 15) is 74.0 Å². The van der Waals surface area contributed by atoms with Gasteiger partial charge in [-0.05, 0) is 93.9 Å². The molecule has 0 aliphatic rings. The van der Waals surface area contributed by atoms with Crippen molar-refractivity contribution in [3.8, 4) is 0 Å². The van der Waals surface area contributed by atoms with Crippen molar-refractivity contribution in [2.45, 2.75) is 67.9 Å². The average molecular weight is 1160 g/mol. The SMILES string of the molecule is Cc1ccc(NC(=O)C(C)(O)CBr)cc1C(F)(F)F.[C-]#[N+]c1ccc(NC(=O)C(C)(O)CBr)cc1C(F)(F)F.[C-]#[N+]c1ccc(NC(=O)C(C)(O)CSc2ccc(NC(=O)CCl)cc2)cc1C(F)(F)F. The predicted octanol–water partition coefficient (Wildman–Crippen LogP) is 11.4. The van der Waals surface area contributed by atoms with E-state index in [4.69, 9.17) is 24.7 Å². The zero-order valence-electron chi connectivity index (χ0n) is 36.6. The second kappa shape index (κ2) is 25.1. The molecule has 3 unspecified atom stereocenters. The fourth-order valence-electron chi connectivity index (χ4n) is 4.92. The standard InChI is InChI=1S/C20H17ClF3N3O3S.C12H10BrF3N2O2.C12H13BrF3NO2/c1-19(30,11-31-14-6-3-12(4-7-14)26-17(28)10-21)18(29)27-13-5-8-16(25-2)15(9-13)20(22,23)24;1-11(20,6-13)10(19)18-7-3-4-9(17-2)8(5-7)12(14,15)16;1-7-3-4-8(5-9(7)12(14,15)16)17-10(18)11(2,19)6-13/h3-9,30H,10-11H2,1H3,(H,26,28)(H,27,29);3-5,20H,6H2,1H3,(H,18,19);3-5,19H,6H2,1-2H3,(H,17,18). The summed E-state index contributed by atoms with van der Waals surface area (Å²) < 4.78 is 116. The summed E-state index contributed by atoms with van der Waals surface area (Å²) in [5.41, 5.74) is -9.34. The number of halogens is 12. The number of hydrogen-bond acceptors (Lipinski definition) is 8. The quantitative estimate of drug-likeness (QED) is 0.0298. The molecule has 0 aliphatic heterocycles. The monoisotopic (exact) mass is 1160 g/mol. The Labute approximate surface area is 420 Å². The van der Waals surface area contributed by atoms with Crippen LogP contribution in [0.15, 0.2) is 83.8 Å². The summed E-state index contributed by atoms with van der Waals surface area (Å²) in [6.07, 6.45) is -13.9. The molecule has 13 nitrogen and oxygen atoms in total. The molecule has 0 fully saturated rings. The molecule has 4 rings (SSSR count). The van der Waals surface area contributed by atoms with Gasteiger partial charge in [-0.15, -0.1) is 23.4 Å². The molecular weight excluding hydrogens is 1120 g/mol. The molecular formula is C44H40Br2ClF9N6O7S. The minimum absolute atomic E-state index is 0.0100. The van der Waals surface area contributed by atoms with Gasteiger partial charge in [-0.2, -0.15) is 39.5 Å². The van der Waals surface area contributed by atoms with E-state index < -0.39 is 81.1 Å². The summed E-state index contributed by atoms with van der Waals surface area (Å²) in [7, 11) is 0. The number of aliphatic hydroxyl groups is 3. The summed E-state index contributed by atoms with van der Waals surface area (Å²) in [4.78, 5) is 53.3. The molecule has 0 aromatic heterocycles. The van der Waals surface area contributed by atoms with Gasteiger partial charge >= 0.3 is 18.5 Å². The summed E-state index contributed by atoms with van der Waals surface area (Å²) in [5.74, 6) is -3.15. The maximum absolute atomic E-state index is 13.1. The molecule has 0 radical (unpaired) electrons. The van der Waals surface area contributed by atoms with Crippen molar-refractivity contribution in [1.29, 1.82) is 0 Å². The van der Waals surface area contributed by atoms with E-state index >= 15 is 0 Å². The molecule has 26 heteroatoms. The highest BCUT2D eigenvalue weighted by Crippen LogP contribution is 2.40. The molecule has 4 aromatic rings. The molecule has 0 aliphatic carbocycles. The normalized spacial score (nSPS) is 13.9. The van der Waals surface area contributed by atoms with E-state index in [1.807, 2.05) is 0 Å². The largest absolute Gasteiger partial charge is 0.416 e. The van der Waals surface area contributed by atoms with Gasteiger partial charge in [0.2, 0.25) is 5.91 Å². The van der Waals surface area contributed by atoms with Crippen LogP contribution < -0.4 is 21.3 Å². The van der Waals surface area contributed by atoms with Crippen molar-refractivity contribution in [1.82, 2.24) is 0 Å². The molecule has 0 heterocycles. The van der Waals surface area contributed by atoms with Crippen molar-refractivity contribution >= 4 is 113 Å². The first-order valence-corrected chi connectivity index (χ1v) is 23.1. The van der Waals surface area contributed by atoms with Crippen LogP contribution in [-0.4, -0.2) is 78.0 Å². The summed E-state index contributed by atoms with van der Waals surface area (Å²) in [6, 6.07) is 15.6. The lowest BCUT2D eigenvalue weighted by Crippen LogP contribution is -2.42. The Morgan fingerprint density at radius 3 is 1.26 bits per heavy atom. The van der Waals surface area contributed by atoms with Gasteiger partial charge in [-0.3, -0.25) is 19.2 Å². The van der Waals surface area contributed by atoms with Gasteiger partial charge in [0.25, 0.3) is 17.7 Å². The van der Waals surface area contributed by atoms with Crippen molar-refractivity contribution in [3.05, 3.63) is 124 Å². The second-order valence-corrected chi connectivity index (χ2v) is 17.6. The molecule has 4 amide bonds. The van der Waals surface area contributed by atoms with E-state index in [2.05, 4.69) is 62.8 Å². The number of carbonyl (C=O) groups is 4. The van der Waals surface area contributed by atoms with Crippen LogP contribution in [-0.2, 0) is 37.7 Å². The Hall–Kier alpha value is -5.41. The van der Waals surface area contributed by atoms with Crippen molar-refractivity contribution in [2.75, 3.05) is 43.6 Å². The maximum atomic E-state index is 13.1. The lowest BCUT2D eigenvalue weighted by atomic mass is 10.1. The number of rotatable bonds is 13. The zero-order chi connectivity index (χ0) is 53.6. The first-order valence-electron chi connectivity index (χ1n) is 19.3. The second-order valence-electron chi connectivity index (χ2n) is 15.2. The molecule has 0 spiro atoms. The van der Waals surface area contributed by atoms with Gasteiger partial charge in [-0.25, -0.2) is 9.69 Å². The lowest BCUT2D eigenvalue weighted by molar-refractivity contribution is -0.138. The molecule has 0 saturated carbocycles. The van der Waals surface area contributed by atoms with Crippen LogP contribution in [0.2, 0.25) is 0 Å². The molecule has 0 bridgehead atoms. The minimum atomic E-state index is -4.76. The van der Waals surface area contributed by atoms with Crippen LogP contribution in [0, 0.1) is 20.1 Å². The van der Waals surface area contributed by atoms with Crippen molar-refractivity contribution in [3.63, 3.8) is 0 Å². The smallest absolute Gasteiger partial charge is 0.379 e.